The van der Waals surface area contributed by atoms with E-state index in [2.05, 4.69) is 11.0 Å². The number of primary amides is 1. The van der Waals surface area contributed by atoms with Crippen molar-refractivity contribution in [1.29, 1.82) is 5.26 Å². The van der Waals surface area contributed by atoms with Gasteiger partial charge in [-0.05, 0) is 37.0 Å². The topological polar surface area (TPSA) is 96.1 Å². The SMILES string of the molecule is N#Cc1cc(N2CCC(CC(N)=O)CC2)ccc1N. The molecule has 0 atom stereocenters. The van der Waals surface area contributed by atoms with E-state index in [1.165, 1.54) is 0 Å². The molecule has 100 valence electrons. The van der Waals surface area contributed by atoms with Gasteiger partial charge in [0, 0.05) is 30.9 Å². The van der Waals surface area contributed by atoms with Gasteiger partial charge in [0.2, 0.25) is 5.91 Å². The second kappa shape index (κ2) is 5.61. The summed E-state index contributed by atoms with van der Waals surface area (Å²) in [4.78, 5) is 13.1. The molecule has 1 aromatic rings. The number of piperidine rings is 1. The van der Waals surface area contributed by atoms with Crippen LogP contribution < -0.4 is 16.4 Å². The van der Waals surface area contributed by atoms with Crippen LogP contribution in [0.15, 0.2) is 18.2 Å². The van der Waals surface area contributed by atoms with Gasteiger partial charge in [-0.25, -0.2) is 0 Å². The highest BCUT2D eigenvalue weighted by Crippen LogP contribution is 2.27. The Bertz CT molecular complexity index is 513. The van der Waals surface area contributed by atoms with E-state index in [-0.39, 0.29) is 5.91 Å². The monoisotopic (exact) mass is 258 g/mol. The van der Waals surface area contributed by atoms with E-state index in [0.29, 0.717) is 23.6 Å². The number of rotatable bonds is 3. The summed E-state index contributed by atoms with van der Waals surface area (Å²) >= 11 is 0. The predicted octanol–water partition coefficient (Wildman–Crippen LogP) is 1.23. The Morgan fingerprint density at radius 3 is 2.68 bits per heavy atom. The van der Waals surface area contributed by atoms with Crippen LogP contribution in [0.4, 0.5) is 11.4 Å². The van der Waals surface area contributed by atoms with E-state index < -0.39 is 0 Å². The van der Waals surface area contributed by atoms with Gasteiger partial charge >= 0.3 is 0 Å². The van der Waals surface area contributed by atoms with E-state index in [9.17, 15) is 4.79 Å². The van der Waals surface area contributed by atoms with Crippen molar-refractivity contribution in [2.75, 3.05) is 23.7 Å². The summed E-state index contributed by atoms with van der Waals surface area (Å²) in [5, 5.41) is 8.98. The number of amides is 1. The van der Waals surface area contributed by atoms with Gasteiger partial charge in [0.05, 0.1) is 5.56 Å². The number of hydrogen-bond donors (Lipinski definition) is 2. The summed E-state index contributed by atoms with van der Waals surface area (Å²) in [5.41, 5.74) is 13.0. The molecule has 19 heavy (non-hydrogen) atoms. The first-order valence-electron chi connectivity index (χ1n) is 6.43. The van der Waals surface area contributed by atoms with Crippen LogP contribution in [0.3, 0.4) is 0 Å². The Morgan fingerprint density at radius 2 is 2.11 bits per heavy atom. The van der Waals surface area contributed by atoms with Crippen LogP contribution in [0, 0.1) is 17.2 Å². The Labute approximate surface area is 112 Å². The third kappa shape index (κ3) is 3.16. The number of hydrogen-bond acceptors (Lipinski definition) is 4. The van der Waals surface area contributed by atoms with Crippen molar-refractivity contribution in [3.63, 3.8) is 0 Å². The van der Waals surface area contributed by atoms with Crippen LogP contribution in [0.5, 0.6) is 0 Å². The number of benzene rings is 1. The molecule has 1 aliphatic heterocycles. The average molecular weight is 258 g/mol. The summed E-state index contributed by atoms with van der Waals surface area (Å²) in [5.74, 6) is 0.163. The molecule has 0 aliphatic carbocycles. The van der Waals surface area contributed by atoms with Crippen molar-refractivity contribution in [1.82, 2.24) is 0 Å². The molecule has 4 N–H and O–H groups in total. The molecule has 0 bridgehead atoms. The quantitative estimate of drug-likeness (QED) is 0.797. The van der Waals surface area contributed by atoms with Gasteiger partial charge in [0.1, 0.15) is 6.07 Å². The fourth-order valence-electron chi connectivity index (χ4n) is 2.52. The number of carbonyl (C=O) groups excluding carboxylic acids is 1. The smallest absolute Gasteiger partial charge is 0.217 e. The molecule has 0 unspecified atom stereocenters. The molecule has 0 radical (unpaired) electrons. The second-order valence-electron chi connectivity index (χ2n) is 4.98. The Kier molecular flexibility index (Phi) is 3.91. The zero-order valence-electron chi connectivity index (χ0n) is 10.8. The average Bonchev–Trinajstić information content (AvgIpc) is 2.40. The fourth-order valence-corrected chi connectivity index (χ4v) is 2.52. The van der Waals surface area contributed by atoms with Gasteiger partial charge < -0.3 is 16.4 Å². The molecule has 2 rings (SSSR count). The highest BCUT2D eigenvalue weighted by atomic mass is 16.1. The first-order chi connectivity index (χ1) is 9.10. The van der Waals surface area contributed by atoms with Crippen LogP contribution in [-0.2, 0) is 4.79 Å². The Hall–Kier alpha value is -2.22. The van der Waals surface area contributed by atoms with E-state index in [0.717, 1.165) is 31.6 Å². The van der Waals surface area contributed by atoms with Crippen LogP contribution in [-0.4, -0.2) is 19.0 Å². The highest BCUT2D eigenvalue weighted by molar-refractivity contribution is 5.74. The molecule has 1 heterocycles. The normalized spacial score (nSPS) is 16.1. The van der Waals surface area contributed by atoms with Crippen LogP contribution >= 0.6 is 0 Å². The van der Waals surface area contributed by atoms with Gasteiger partial charge in [0.25, 0.3) is 0 Å². The van der Waals surface area contributed by atoms with Gasteiger partial charge in [-0.1, -0.05) is 0 Å². The van der Waals surface area contributed by atoms with E-state index in [1.54, 1.807) is 6.07 Å². The molecule has 5 nitrogen and oxygen atoms in total. The van der Waals surface area contributed by atoms with Gasteiger partial charge in [-0.3, -0.25) is 4.79 Å². The summed E-state index contributed by atoms with van der Waals surface area (Å²) < 4.78 is 0. The number of nitrogen functional groups attached to an aromatic ring is 1. The Morgan fingerprint density at radius 1 is 1.42 bits per heavy atom. The summed E-state index contributed by atoms with van der Waals surface area (Å²) in [6.45, 7) is 1.76. The maximum atomic E-state index is 10.9. The minimum absolute atomic E-state index is 0.224. The maximum Gasteiger partial charge on any atom is 0.217 e. The molecule has 0 saturated carbocycles. The lowest BCUT2D eigenvalue weighted by atomic mass is 9.93. The van der Waals surface area contributed by atoms with Crippen molar-refractivity contribution in [3.05, 3.63) is 23.8 Å². The second-order valence-corrected chi connectivity index (χ2v) is 4.98. The number of anilines is 2. The summed E-state index contributed by atoms with van der Waals surface area (Å²) in [7, 11) is 0. The largest absolute Gasteiger partial charge is 0.398 e. The first kappa shape index (κ1) is 13.2. The van der Waals surface area contributed by atoms with Gasteiger partial charge in [-0.2, -0.15) is 5.26 Å². The van der Waals surface area contributed by atoms with Crippen molar-refractivity contribution in [2.45, 2.75) is 19.3 Å². The lowest BCUT2D eigenvalue weighted by Crippen LogP contribution is -2.35. The first-order valence-corrected chi connectivity index (χ1v) is 6.43. The van der Waals surface area contributed by atoms with Crippen molar-refractivity contribution in [3.8, 4) is 6.07 Å². The minimum Gasteiger partial charge on any atom is -0.398 e. The number of nitriles is 1. The molecule has 1 fully saturated rings. The summed E-state index contributed by atoms with van der Waals surface area (Å²) in [6.07, 6.45) is 2.38. The maximum absolute atomic E-state index is 10.9. The van der Waals surface area contributed by atoms with E-state index >= 15 is 0 Å². The minimum atomic E-state index is -0.224. The molecule has 0 spiro atoms. The van der Waals surface area contributed by atoms with Crippen molar-refractivity contribution >= 4 is 17.3 Å². The number of carbonyl (C=O) groups is 1. The fraction of sp³-hybridized carbons (Fsp3) is 0.429. The van der Waals surface area contributed by atoms with Gasteiger partial charge in [-0.15, -0.1) is 0 Å². The van der Waals surface area contributed by atoms with E-state index in [4.69, 9.17) is 16.7 Å². The third-order valence-corrected chi connectivity index (χ3v) is 3.63. The molecule has 5 heteroatoms. The van der Waals surface area contributed by atoms with Crippen molar-refractivity contribution < 1.29 is 4.79 Å². The Balaban J connectivity index is 2.02. The zero-order valence-corrected chi connectivity index (χ0v) is 10.8. The molecule has 1 saturated heterocycles. The molecule has 0 aromatic heterocycles. The molecule has 1 aromatic carbocycles. The molecular weight excluding hydrogens is 240 g/mol. The molecular formula is C14H18N4O. The lowest BCUT2D eigenvalue weighted by molar-refractivity contribution is -0.119. The number of nitrogens with zero attached hydrogens (tertiary/aromatic N) is 2. The van der Waals surface area contributed by atoms with Crippen LogP contribution in [0.2, 0.25) is 0 Å². The van der Waals surface area contributed by atoms with Crippen molar-refractivity contribution in [2.24, 2.45) is 11.7 Å². The van der Waals surface area contributed by atoms with Crippen LogP contribution in [0.25, 0.3) is 0 Å². The van der Waals surface area contributed by atoms with E-state index in [1.807, 2.05) is 12.1 Å². The van der Waals surface area contributed by atoms with Crippen LogP contribution in [0.1, 0.15) is 24.8 Å². The lowest BCUT2D eigenvalue weighted by Gasteiger charge is -2.33. The molecule has 1 amide bonds. The highest BCUT2D eigenvalue weighted by Gasteiger charge is 2.21. The summed E-state index contributed by atoms with van der Waals surface area (Å²) in [6, 6.07) is 7.62. The predicted molar refractivity (Wildman–Crippen MR) is 74.3 cm³/mol. The van der Waals surface area contributed by atoms with Gasteiger partial charge in [0.15, 0.2) is 0 Å². The number of nitrogens with two attached hydrogens (primary N) is 2. The molecule has 1 aliphatic rings. The zero-order chi connectivity index (χ0) is 13.8. The standard InChI is InChI=1S/C14H18N4O/c15-9-11-8-12(1-2-13(11)16)18-5-3-10(4-6-18)7-14(17)19/h1-2,8,10H,3-7,16H2,(H2,17,19). The third-order valence-electron chi connectivity index (χ3n) is 3.63.